The summed E-state index contributed by atoms with van der Waals surface area (Å²) in [7, 11) is 1.92. The third-order valence-corrected chi connectivity index (χ3v) is 2.90. The molecular weight excluding hydrogens is 174 g/mol. The predicted molar refractivity (Wildman–Crippen MR) is 61.2 cm³/mol. The summed E-state index contributed by atoms with van der Waals surface area (Å²) < 4.78 is 0. The Balaban J connectivity index is 1.75. The lowest BCUT2D eigenvalue weighted by molar-refractivity contribution is 0.327. The average Bonchev–Trinajstić information content (AvgIpc) is 2.69. The van der Waals surface area contributed by atoms with Crippen LogP contribution in [0.4, 0.5) is 0 Å². The Morgan fingerprint density at radius 1 is 1.00 bits per heavy atom. The van der Waals surface area contributed by atoms with Crippen LogP contribution in [0.3, 0.4) is 0 Å². The number of hydrogen-bond donors (Lipinski definition) is 2. The summed E-state index contributed by atoms with van der Waals surface area (Å²) >= 11 is 0. The molecule has 1 aliphatic rings. The van der Waals surface area contributed by atoms with E-state index in [0.717, 1.165) is 6.54 Å². The summed E-state index contributed by atoms with van der Waals surface area (Å²) in [5.74, 6) is 0. The van der Waals surface area contributed by atoms with Crippen molar-refractivity contribution in [3.8, 4) is 0 Å². The van der Waals surface area contributed by atoms with Gasteiger partial charge < -0.3 is 4.90 Å². The summed E-state index contributed by atoms with van der Waals surface area (Å²) in [5, 5.41) is 0. The maximum absolute atomic E-state index is 3.12. The van der Waals surface area contributed by atoms with E-state index in [1.54, 1.807) is 0 Å². The van der Waals surface area contributed by atoms with E-state index in [4.69, 9.17) is 0 Å². The molecule has 0 unspecified atom stereocenters. The molecular formula is C11H25N3. The van der Waals surface area contributed by atoms with Gasteiger partial charge >= 0.3 is 0 Å². The van der Waals surface area contributed by atoms with Crippen LogP contribution < -0.4 is 10.9 Å². The number of rotatable bonds is 8. The summed E-state index contributed by atoms with van der Waals surface area (Å²) in [6, 6.07) is 0. The van der Waals surface area contributed by atoms with E-state index in [1.165, 1.54) is 58.2 Å². The molecule has 2 N–H and O–H groups in total. The lowest BCUT2D eigenvalue weighted by Crippen LogP contribution is -2.28. The Morgan fingerprint density at radius 2 is 1.71 bits per heavy atom. The standard InChI is InChI=1S/C11H25N3/c1-12-13-8-4-2-3-5-9-14-10-6-7-11-14/h12-13H,2-11H2,1H3. The van der Waals surface area contributed by atoms with Gasteiger partial charge in [0.2, 0.25) is 0 Å². The molecule has 0 aliphatic carbocycles. The van der Waals surface area contributed by atoms with Crippen molar-refractivity contribution in [3.05, 3.63) is 0 Å². The first-order chi connectivity index (χ1) is 6.93. The summed E-state index contributed by atoms with van der Waals surface area (Å²) in [4.78, 5) is 2.60. The molecule has 14 heavy (non-hydrogen) atoms. The Morgan fingerprint density at radius 3 is 2.43 bits per heavy atom. The first kappa shape index (κ1) is 12.0. The molecule has 0 bridgehead atoms. The molecule has 1 fully saturated rings. The topological polar surface area (TPSA) is 27.3 Å². The summed E-state index contributed by atoms with van der Waals surface area (Å²) in [6.07, 6.45) is 8.28. The third kappa shape index (κ3) is 5.58. The normalized spacial score (nSPS) is 17.8. The first-order valence-electron chi connectivity index (χ1n) is 6.05. The number of likely N-dealkylation sites (tertiary alicyclic amines) is 1. The highest BCUT2D eigenvalue weighted by Crippen LogP contribution is 2.09. The van der Waals surface area contributed by atoms with Crippen LogP contribution in [0.5, 0.6) is 0 Å². The van der Waals surface area contributed by atoms with E-state index >= 15 is 0 Å². The predicted octanol–water partition coefficient (Wildman–Crippen LogP) is 1.37. The van der Waals surface area contributed by atoms with Crippen LogP contribution in [-0.2, 0) is 0 Å². The molecule has 84 valence electrons. The fourth-order valence-corrected chi connectivity index (χ4v) is 2.03. The lowest BCUT2D eigenvalue weighted by Gasteiger charge is -2.13. The largest absolute Gasteiger partial charge is 0.303 e. The van der Waals surface area contributed by atoms with Crippen molar-refractivity contribution in [2.24, 2.45) is 0 Å². The van der Waals surface area contributed by atoms with Gasteiger partial charge in [0.05, 0.1) is 0 Å². The highest BCUT2D eigenvalue weighted by atomic mass is 15.3. The van der Waals surface area contributed by atoms with Gasteiger partial charge in [-0.1, -0.05) is 12.8 Å². The van der Waals surface area contributed by atoms with E-state index < -0.39 is 0 Å². The number of unbranched alkanes of at least 4 members (excludes halogenated alkanes) is 3. The Kier molecular flexibility index (Phi) is 7.01. The van der Waals surface area contributed by atoms with Gasteiger partial charge in [-0.05, 0) is 52.4 Å². The van der Waals surface area contributed by atoms with Gasteiger partial charge in [-0.25, -0.2) is 0 Å². The minimum atomic E-state index is 1.10. The molecule has 0 amide bonds. The van der Waals surface area contributed by atoms with E-state index in [1.807, 2.05) is 7.05 Å². The van der Waals surface area contributed by atoms with Crippen LogP contribution in [0, 0.1) is 0 Å². The van der Waals surface area contributed by atoms with Crippen LogP contribution in [0.1, 0.15) is 38.5 Å². The molecule has 1 rings (SSSR count). The van der Waals surface area contributed by atoms with Gasteiger partial charge in [0.1, 0.15) is 0 Å². The highest BCUT2D eigenvalue weighted by Gasteiger charge is 2.09. The molecule has 0 spiro atoms. The van der Waals surface area contributed by atoms with E-state index in [2.05, 4.69) is 15.8 Å². The van der Waals surface area contributed by atoms with Crippen molar-refractivity contribution in [2.45, 2.75) is 38.5 Å². The molecule has 3 heteroatoms. The molecule has 1 aliphatic heterocycles. The SMILES string of the molecule is CNNCCCCCCN1CCCC1. The number of nitrogens with zero attached hydrogens (tertiary/aromatic N) is 1. The first-order valence-corrected chi connectivity index (χ1v) is 6.05. The number of hydrogen-bond acceptors (Lipinski definition) is 3. The van der Waals surface area contributed by atoms with Gasteiger partial charge in [0, 0.05) is 6.54 Å². The van der Waals surface area contributed by atoms with Crippen molar-refractivity contribution in [1.29, 1.82) is 0 Å². The van der Waals surface area contributed by atoms with Crippen molar-refractivity contribution in [1.82, 2.24) is 15.8 Å². The molecule has 1 saturated heterocycles. The zero-order chi connectivity index (χ0) is 10.1. The van der Waals surface area contributed by atoms with Gasteiger partial charge in [0.15, 0.2) is 0 Å². The molecule has 0 saturated carbocycles. The quantitative estimate of drug-likeness (QED) is 0.457. The van der Waals surface area contributed by atoms with Crippen LogP contribution in [0.2, 0.25) is 0 Å². The zero-order valence-corrected chi connectivity index (χ0v) is 9.52. The van der Waals surface area contributed by atoms with E-state index in [-0.39, 0.29) is 0 Å². The molecule has 0 aromatic rings. The highest BCUT2D eigenvalue weighted by molar-refractivity contribution is 4.65. The molecule has 0 atom stereocenters. The van der Waals surface area contributed by atoms with Crippen molar-refractivity contribution in [2.75, 3.05) is 33.2 Å². The van der Waals surface area contributed by atoms with Crippen molar-refractivity contribution >= 4 is 0 Å². The van der Waals surface area contributed by atoms with Gasteiger partial charge in [-0.15, -0.1) is 0 Å². The van der Waals surface area contributed by atoms with Gasteiger partial charge in [-0.2, -0.15) is 0 Å². The molecule has 0 aromatic carbocycles. The van der Waals surface area contributed by atoms with Gasteiger partial charge in [0.25, 0.3) is 0 Å². The van der Waals surface area contributed by atoms with Crippen LogP contribution in [0.25, 0.3) is 0 Å². The van der Waals surface area contributed by atoms with E-state index in [9.17, 15) is 0 Å². The van der Waals surface area contributed by atoms with Gasteiger partial charge in [-0.3, -0.25) is 10.9 Å². The number of nitrogens with one attached hydrogen (secondary N) is 2. The summed E-state index contributed by atoms with van der Waals surface area (Å²) in [6.45, 7) is 5.13. The smallest absolute Gasteiger partial charge is 0.00996 e. The summed E-state index contributed by atoms with van der Waals surface area (Å²) in [5.41, 5.74) is 6.06. The minimum Gasteiger partial charge on any atom is -0.303 e. The second-order valence-corrected chi connectivity index (χ2v) is 4.14. The Hall–Kier alpha value is -0.120. The van der Waals surface area contributed by atoms with Crippen LogP contribution in [0.15, 0.2) is 0 Å². The fraction of sp³-hybridized carbons (Fsp3) is 1.00. The zero-order valence-electron chi connectivity index (χ0n) is 9.52. The van der Waals surface area contributed by atoms with Crippen molar-refractivity contribution < 1.29 is 0 Å². The second kappa shape index (κ2) is 8.21. The third-order valence-electron chi connectivity index (χ3n) is 2.90. The van der Waals surface area contributed by atoms with Crippen LogP contribution in [-0.4, -0.2) is 38.1 Å². The fourth-order valence-electron chi connectivity index (χ4n) is 2.03. The minimum absolute atomic E-state index is 1.10. The molecule has 0 radical (unpaired) electrons. The molecule has 0 aromatic heterocycles. The van der Waals surface area contributed by atoms with Crippen LogP contribution >= 0.6 is 0 Å². The maximum atomic E-state index is 3.12. The Bertz CT molecular complexity index is 122. The maximum Gasteiger partial charge on any atom is 0.00996 e. The second-order valence-electron chi connectivity index (χ2n) is 4.14. The molecule has 3 nitrogen and oxygen atoms in total. The van der Waals surface area contributed by atoms with E-state index in [0.29, 0.717) is 0 Å². The number of hydrazine groups is 1. The molecule has 1 heterocycles. The van der Waals surface area contributed by atoms with Crippen molar-refractivity contribution in [3.63, 3.8) is 0 Å². The lowest BCUT2D eigenvalue weighted by atomic mass is 10.2. The average molecular weight is 199 g/mol. The Labute approximate surface area is 88.2 Å². The monoisotopic (exact) mass is 199 g/mol.